The van der Waals surface area contributed by atoms with Crippen LogP contribution in [0.15, 0.2) is 48.9 Å². The molecule has 3 aromatic rings. The van der Waals surface area contributed by atoms with E-state index in [4.69, 9.17) is 0 Å². The van der Waals surface area contributed by atoms with Gasteiger partial charge in [0, 0.05) is 32.0 Å². The van der Waals surface area contributed by atoms with Gasteiger partial charge in [-0.05, 0) is 36.6 Å². The van der Waals surface area contributed by atoms with Gasteiger partial charge in [-0.1, -0.05) is 12.1 Å². The Morgan fingerprint density at radius 3 is 2.67 bits per heavy atom. The van der Waals surface area contributed by atoms with Gasteiger partial charge in [0.25, 0.3) is 0 Å². The monoisotopic (exact) mass is 415 g/mol. The van der Waals surface area contributed by atoms with E-state index < -0.39 is 11.7 Å². The number of carbonyl (C=O) groups excluding carboxylic acids is 1. The summed E-state index contributed by atoms with van der Waals surface area (Å²) < 4.78 is 38.0. The van der Waals surface area contributed by atoms with E-state index in [0.29, 0.717) is 23.3 Å². The molecule has 0 unspecified atom stereocenters. The molecule has 1 atom stereocenters. The first-order chi connectivity index (χ1) is 14.4. The third-order valence-electron chi connectivity index (χ3n) is 5.22. The van der Waals surface area contributed by atoms with Crippen LogP contribution in [0.3, 0.4) is 0 Å². The zero-order valence-corrected chi connectivity index (χ0v) is 16.1. The second-order valence-electron chi connectivity index (χ2n) is 7.29. The van der Waals surface area contributed by atoms with E-state index in [0.717, 1.165) is 37.2 Å². The van der Waals surface area contributed by atoms with Gasteiger partial charge in [0.1, 0.15) is 5.52 Å². The Kier molecular flexibility index (Phi) is 5.52. The molecule has 1 aliphatic rings. The van der Waals surface area contributed by atoms with Crippen LogP contribution in [-0.2, 0) is 17.5 Å². The number of anilines is 1. The maximum atomic E-state index is 12.7. The van der Waals surface area contributed by atoms with E-state index >= 15 is 0 Å². The summed E-state index contributed by atoms with van der Waals surface area (Å²) in [6.07, 6.45) is 2.19. The Morgan fingerprint density at radius 2 is 1.90 bits per heavy atom. The quantitative estimate of drug-likeness (QED) is 0.705. The van der Waals surface area contributed by atoms with E-state index in [1.165, 1.54) is 12.1 Å². The predicted octanol–water partition coefficient (Wildman–Crippen LogP) is 3.58. The average molecular weight is 415 g/mol. The van der Waals surface area contributed by atoms with Crippen LogP contribution >= 0.6 is 0 Å². The number of aromatic nitrogens is 3. The molecule has 0 spiro atoms. The van der Waals surface area contributed by atoms with Gasteiger partial charge in [-0.2, -0.15) is 13.2 Å². The van der Waals surface area contributed by atoms with Crippen molar-refractivity contribution in [2.24, 2.45) is 5.92 Å². The van der Waals surface area contributed by atoms with Gasteiger partial charge >= 0.3 is 6.18 Å². The van der Waals surface area contributed by atoms with Crippen molar-refractivity contribution >= 4 is 22.8 Å². The predicted molar refractivity (Wildman–Crippen MR) is 106 cm³/mol. The molecule has 0 aliphatic carbocycles. The number of hydrogen-bond donors (Lipinski definition) is 1. The molecule has 0 bridgehead atoms. The maximum absolute atomic E-state index is 12.7. The Morgan fingerprint density at radius 1 is 1.13 bits per heavy atom. The van der Waals surface area contributed by atoms with Gasteiger partial charge in [0.15, 0.2) is 5.65 Å². The van der Waals surface area contributed by atoms with E-state index in [9.17, 15) is 18.0 Å². The lowest BCUT2D eigenvalue weighted by molar-refractivity contribution is -0.137. The van der Waals surface area contributed by atoms with Crippen LogP contribution in [0.1, 0.15) is 24.0 Å². The molecular weight excluding hydrogens is 395 g/mol. The van der Waals surface area contributed by atoms with Gasteiger partial charge in [-0.3, -0.25) is 9.78 Å². The summed E-state index contributed by atoms with van der Waals surface area (Å²) in [5.41, 5.74) is 2.09. The molecule has 0 saturated carbocycles. The fraction of sp³-hybridized carbons (Fsp3) is 0.333. The maximum Gasteiger partial charge on any atom is 0.416 e. The lowest BCUT2D eigenvalue weighted by Gasteiger charge is -2.33. The van der Waals surface area contributed by atoms with E-state index in [-0.39, 0.29) is 18.4 Å². The fourth-order valence-electron chi connectivity index (χ4n) is 3.59. The largest absolute Gasteiger partial charge is 0.416 e. The number of fused-ring (bicyclic) bond motifs is 1. The summed E-state index contributed by atoms with van der Waals surface area (Å²) in [6, 6.07) is 6.74. The molecule has 1 fully saturated rings. The van der Waals surface area contributed by atoms with Gasteiger partial charge in [-0.15, -0.1) is 0 Å². The Hall–Kier alpha value is -3.23. The van der Waals surface area contributed by atoms with Crippen LogP contribution < -0.4 is 10.2 Å². The molecule has 1 aliphatic heterocycles. The average Bonchev–Trinajstić information content (AvgIpc) is 2.77. The number of hydrogen-bond acceptors (Lipinski definition) is 5. The standard InChI is InChI=1S/C21H20F3N5O/c22-21(23,24)16-5-3-14(4-6-16)11-28-20(30)15-2-1-9-29(13-15)17-10-18-19(27-12-17)26-8-7-25-18/h3-8,10,12,15H,1-2,9,11,13H2,(H,28,30)/t15-/m0/s1. The smallest absolute Gasteiger partial charge is 0.369 e. The highest BCUT2D eigenvalue weighted by molar-refractivity contribution is 5.80. The van der Waals surface area contributed by atoms with Crippen molar-refractivity contribution in [3.63, 3.8) is 0 Å². The molecule has 156 valence electrons. The summed E-state index contributed by atoms with van der Waals surface area (Å²) >= 11 is 0. The van der Waals surface area contributed by atoms with Crippen LogP contribution in [0.2, 0.25) is 0 Å². The lowest BCUT2D eigenvalue weighted by atomic mass is 9.96. The normalized spacial score (nSPS) is 17.2. The molecule has 1 amide bonds. The number of nitrogens with one attached hydrogen (secondary N) is 1. The highest BCUT2D eigenvalue weighted by Gasteiger charge is 2.30. The number of benzene rings is 1. The van der Waals surface area contributed by atoms with Crippen LogP contribution in [-0.4, -0.2) is 33.9 Å². The van der Waals surface area contributed by atoms with Crippen molar-refractivity contribution in [1.82, 2.24) is 20.3 Å². The molecule has 0 radical (unpaired) electrons. The minimum absolute atomic E-state index is 0.104. The lowest BCUT2D eigenvalue weighted by Crippen LogP contribution is -2.43. The van der Waals surface area contributed by atoms with Crippen molar-refractivity contribution < 1.29 is 18.0 Å². The molecule has 2 aromatic heterocycles. The van der Waals surface area contributed by atoms with Crippen molar-refractivity contribution in [2.45, 2.75) is 25.6 Å². The minimum atomic E-state index is -4.36. The highest BCUT2D eigenvalue weighted by Crippen LogP contribution is 2.29. The second kappa shape index (κ2) is 8.25. The van der Waals surface area contributed by atoms with Gasteiger partial charge in [-0.25, -0.2) is 9.97 Å². The first-order valence-electron chi connectivity index (χ1n) is 9.66. The SMILES string of the molecule is O=C(NCc1ccc(C(F)(F)F)cc1)[C@H]1CCCN(c2cnc3nccnc3c2)C1. The van der Waals surface area contributed by atoms with Gasteiger partial charge in [0.05, 0.1) is 23.4 Å². The number of pyridine rings is 1. The topological polar surface area (TPSA) is 71.0 Å². The summed E-state index contributed by atoms with van der Waals surface area (Å²) in [5.74, 6) is -0.307. The Bertz CT molecular complexity index is 1040. The highest BCUT2D eigenvalue weighted by atomic mass is 19.4. The number of amides is 1. The third kappa shape index (κ3) is 4.50. The number of piperidine rings is 1. The summed E-state index contributed by atoms with van der Waals surface area (Å²) in [5, 5.41) is 2.84. The van der Waals surface area contributed by atoms with E-state index in [1.54, 1.807) is 18.6 Å². The number of alkyl halides is 3. The third-order valence-corrected chi connectivity index (χ3v) is 5.22. The minimum Gasteiger partial charge on any atom is -0.369 e. The summed E-state index contributed by atoms with van der Waals surface area (Å²) in [6.45, 7) is 1.56. The van der Waals surface area contributed by atoms with E-state index in [2.05, 4.69) is 25.2 Å². The molecule has 9 heteroatoms. The van der Waals surface area contributed by atoms with Crippen LogP contribution in [0, 0.1) is 5.92 Å². The number of halogens is 3. The Labute approximate surface area is 171 Å². The molecule has 1 saturated heterocycles. The Balaban J connectivity index is 1.37. The summed E-state index contributed by atoms with van der Waals surface area (Å²) in [7, 11) is 0. The van der Waals surface area contributed by atoms with Crippen molar-refractivity contribution in [2.75, 3.05) is 18.0 Å². The first kappa shape index (κ1) is 20.1. The van der Waals surface area contributed by atoms with Gasteiger partial charge in [0.2, 0.25) is 5.91 Å². The zero-order chi connectivity index (χ0) is 21.1. The molecule has 3 heterocycles. The van der Waals surface area contributed by atoms with Gasteiger partial charge < -0.3 is 10.2 Å². The zero-order valence-electron chi connectivity index (χ0n) is 16.1. The molecular formula is C21H20F3N5O. The summed E-state index contributed by atoms with van der Waals surface area (Å²) in [4.78, 5) is 27.5. The first-order valence-corrected chi connectivity index (χ1v) is 9.66. The van der Waals surface area contributed by atoms with Crippen molar-refractivity contribution in [1.29, 1.82) is 0 Å². The van der Waals surface area contributed by atoms with Crippen LogP contribution in [0.25, 0.3) is 11.2 Å². The molecule has 1 N–H and O–H groups in total. The van der Waals surface area contributed by atoms with Crippen LogP contribution in [0.4, 0.5) is 18.9 Å². The number of carbonyl (C=O) groups is 1. The van der Waals surface area contributed by atoms with E-state index in [1.807, 2.05) is 6.07 Å². The molecule has 1 aromatic carbocycles. The number of rotatable bonds is 4. The molecule has 6 nitrogen and oxygen atoms in total. The van der Waals surface area contributed by atoms with Crippen molar-refractivity contribution in [3.05, 3.63) is 60.0 Å². The number of nitrogens with zero attached hydrogens (tertiary/aromatic N) is 4. The molecule has 4 rings (SSSR count). The molecule has 30 heavy (non-hydrogen) atoms. The van der Waals surface area contributed by atoms with Crippen LogP contribution in [0.5, 0.6) is 0 Å². The second-order valence-corrected chi connectivity index (χ2v) is 7.29. The fourth-order valence-corrected chi connectivity index (χ4v) is 3.59. The van der Waals surface area contributed by atoms with Crippen molar-refractivity contribution in [3.8, 4) is 0 Å².